The zero-order chi connectivity index (χ0) is 22.8. The fraction of sp³-hybridized carbons (Fsp3) is 0.320. The molecule has 0 spiro atoms. The Bertz CT molecular complexity index is 1200. The average molecular weight is 444 g/mol. The number of methoxy groups -OCH3 is 1. The highest BCUT2D eigenvalue weighted by Gasteiger charge is 2.31. The van der Waals surface area contributed by atoms with E-state index in [2.05, 4.69) is 20.2 Å². The highest BCUT2D eigenvalue weighted by molar-refractivity contribution is 5.96. The number of benzene rings is 1. The van der Waals surface area contributed by atoms with Crippen LogP contribution in [0.25, 0.3) is 11.4 Å². The molecule has 1 aromatic carbocycles. The van der Waals surface area contributed by atoms with Gasteiger partial charge in [-0.3, -0.25) is 9.78 Å². The van der Waals surface area contributed by atoms with Crippen molar-refractivity contribution in [2.45, 2.75) is 19.3 Å². The summed E-state index contributed by atoms with van der Waals surface area (Å²) in [5.74, 6) is 1.23. The summed E-state index contributed by atoms with van der Waals surface area (Å²) >= 11 is 0. The van der Waals surface area contributed by atoms with E-state index in [1.54, 1.807) is 12.4 Å². The number of hydrogen-bond donors (Lipinski definition) is 1. The Kier molecular flexibility index (Phi) is 5.73. The summed E-state index contributed by atoms with van der Waals surface area (Å²) in [5, 5.41) is 2.89. The lowest BCUT2D eigenvalue weighted by atomic mass is 9.95. The molecule has 3 aromatic rings. The van der Waals surface area contributed by atoms with Crippen molar-refractivity contribution in [3.05, 3.63) is 71.2 Å². The normalized spacial score (nSPS) is 17.4. The molecule has 5 rings (SSSR count). The van der Waals surface area contributed by atoms with Crippen LogP contribution in [-0.2, 0) is 17.6 Å². The predicted octanol–water partition coefficient (Wildman–Crippen LogP) is 2.68. The summed E-state index contributed by atoms with van der Waals surface area (Å²) < 4.78 is 4.95. The van der Waals surface area contributed by atoms with Gasteiger partial charge in [0.1, 0.15) is 11.5 Å². The molecule has 1 N–H and O–H groups in total. The minimum atomic E-state index is -0.308. The molecular formula is C25H25N5O3. The van der Waals surface area contributed by atoms with Crippen LogP contribution < -0.4 is 10.2 Å². The zero-order valence-corrected chi connectivity index (χ0v) is 18.5. The molecular weight excluding hydrogens is 418 g/mol. The molecule has 1 unspecified atom stereocenters. The van der Waals surface area contributed by atoms with Gasteiger partial charge in [0.15, 0.2) is 5.82 Å². The number of esters is 1. The number of fused-ring (bicyclic) bond motifs is 1. The Morgan fingerprint density at radius 3 is 2.91 bits per heavy atom. The standard InChI is InChI=1S/C25H25N5O3/c1-33-25(32)19-7-3-2-5-17(19)13-16-9-12-30(15-16)23-20-8-11-27-24(31)21(20)28-22(29-23)18-6-4-10-26-14-18/h2-7,10,14,16H,8-9,11-13,15H2,1H3,(H,27,31). The SMILES string of the molecule is COC(=O)c1ccccc1CC1CCN(c2nc(-c3cccnc3)nc3c2CCNC3=O)C1. The van der Waals surface area contributed by atoms with E-state index in [1.165, 1.54) is 7.11 Å². The van der Waals surface area contributed by atoms with Crippen LogP contribution in [0.2, 0.25) is 0 Å². The lowest BCUT2D eigenvalue weighted by Gasteiger charge is -2.25. The molecule has 8 heteroatoms. The van der Waals surface area contributed by atoms with E-state index in [4.69, 9.17) is 9.72 Å². The summed E-state index contributed by atoms with van der Waals surface area (Å²) in [6, 6.07) is 11.3. The Balaban J connectivity index is 1.44. The molecule has 1 saturated heterocycles. The highest BCUT2D eigenvalue weighted by atomic mass is 16.5. The number of pyridine rings is 1. The first-order valence-electron chi connectivity index (χ1n) is 11.1. The van der Waals surface area contributed by atoms with E-state index in [-0.39, 0.29) is 11.9 Å². The third kappa shape index (κ3) is 4.16. The molecule has 0 aliphatic carbocycles. The first kappa shape index (κ1) is 21.1. The van der Waals surface area contributed by atoms with Gasteiger partial charge < -0.3 is 15.0 Å². The third-order valence-corrected chi connectivity index (χ3v) is 6.30. The highest BCUT2D eigenvalue weighted by Crippen LogP contribution is 2.32. The smallest absolute Gasteiger partial charge is 0.338 e. The van der Waals surface area contributed by atoms with Crippen molar-refractivity contribution in [3.63, 3.8) is 0 Å². The maximum atomic E-state index is 12.6. The van der Waals surface area contributed by atoms with Gasteiger partial charge in [-0.2, -0.15) is 0 Å². The molecule has 33 heavy (non-hydrogen) atoms. The van der Waals surface area contributed by atoms with Gasteiger partial charge in [0, 0.05) is 43.2 Å². The Hall–Kier alpha value is -3.81. The lowest BCUT2D eigenvalue weighted by molar-refractivity contribution is 0.0599. The molecule has 0 radical (unpaired) electrons. The summed E-state index contributed by atoms with van der Waals surface area (Å²) in [5.41, 5.74) is 3.75. The first-order valence-corrected chi connectivity index (χ1v) is 11.1. The van der Waals surface area contributed by atoms with Gasteiger partial charge in [0.25, 0.3) is 5.91 Å². The molecule has 1 amide bonds. The van der Waals surface area contributed by atoms with Crippen LogP contribution >= 0.6 is 0 Å². The molecule has 0 saturated carbocycles. The summed E-state index contributed by atoms with van der Waals surface area (Å²) in [4.78, 5) is 40.7. The maximum Gasteiger partial charge on any atom is 0.338 e. The molecule has 4 heterocycles. The van der Waals surface area contributed by atoms with Crippen molar-refractivity contribution in [1.82, 2.24) is 20.3 Å². The molecule has 2 aliphatic heterocycles. The number of nitrogens with zero attached hydrogens (tertiary/aromatic N) is 4. The Morgan fingerprint density at radius 2 is 2.09 bits per heavy atom. The second-order valence-electron chi connectivity index (χ2n) is 8.40. The molecule has 8 nitrogen and oxygen atoms in total. The topological polar surface area (TPSA) is 97.3 Å². The van der Waals surface area contributed by atoms with Gasteiger partial charge in [-0.1, -0.05) is 18.2 Å². The van der Waals surface area contributed by atoms with Crippen LogP contribution in [0.1, 0.15) is 38.4 Å². The van der Waals surface area contributed by atoms with Crippen LogP contribution in [0.5, 0.6) is 0 Å². The number of ether oxygens (including phenoxy) is 1. The number of nitrogens with one attached hydrogen (secondary N) is 1. The first-order chi connectivity index (χ1) is 16.1. The van der Waals surface area contributed by atoms with Crippen molar-refractivity contribution < 1.29 is 14.3 Å². The minimum absolute atomic E-state index is 0.159. The number of hydrogen-bond acceptors (Lipinski definition) is 7. The largest absolute Gasteiger partial charge is 0.465 e. The average Bonchev–Trinajstić information content (AvgIpc) is 3.32. The molecule has 168 valence electrons. The maximum absolute atomic E-state index is 12.6. The number of carbonyl (C=O) groups is 2. The number of carbonyl (C=O) groups excluding carboxylic acids is 2. The van der Waals surface area contributed by atoms with E-state index >= 15 is 0 Å². The van der Waals surface area contributed by atoms with Crippen LogP contribution in [0.3, 0.4) is 0 Å². The van der Waals surface area contributed by atoms with Crippen molar-refractivity contribution in [2.75, 3.05) is 31.6 Å². The van der Waals surface area contributed by atoms with Gasteiger partial charge in [-0.15, -0.1) is 0 Å². The fourth-order valence-electron chi connectivity index (χ4n) is 4.67. The fourth-order valence-corrected chi connectivity index (χ4v) is 4.67. The summed E-state index contributed by atoms with van der Waals surface area (Å²) in [7, 11) is 1.41. The lowest BCUT2D eigenvalue weighted by Crippen LogP contribution is -2.35. The zero-order valence-electron chi connectivity index (χ0n) is 18.5. The van der Waals surface area contributed by atoms with E-state index in [0.29, 0.717) is 36.0 Å². The van der Waals surface area contributed by atoms with E-state index < -0.39 is 0 Å². The quantitative estimate of drug-likeness (QED) is 0.606. The molecule has 1 fully saturated rings. The second-order valence-corrected chi connectivity index (χ2v) is 8.40. The number of aromatic nitrogens is 3. The van der Waals surface area contributed by atoms with E-state index in [1.807, 2.05) is 36.4 Å². The number of amides is 1. The molecule has 1 atom stereocenters. The van der Waals surface area contributed by atoms with Crippen molar-refractivity contribution >= 4 is 17.7 Å². The van der Waals surface area contributed by atoms with E-state index in [9.17, 15) is 9.59 Å². The van der Waals surface area contributed by atoms with Crippen LogP contribution in [0.4, 0.5) is 5.82 Å². The third-order valence-electron chi connectivity index (χ3n) is 6.30. The predicted molar refractivity (Wildman–Crippen MR) is 123 cm³/mol. The monoisotopic (exact) mass is 443 g/mol. The number of rotatable bonds is 5. The molecule has 2 aliphatic rings. The van der Waals surface area contributed by atoms with Gasteiger partial charge in [0.2, 0.25) is 0 Å². The van der Waals surface area contributed by atoms with Crippen LogP contribution in [-0.4, -0.2) is 53.6 Å². The molecule has 0 bridgehead atoms. The van der Waals surface area contributed by atoms with Gasteiger partial charge in [0.05, 0.1) is 12.7 Å². The van der Waals surface area contributed by atoms with Crippen molar-refractivity contribution in [1.29, 1.82) is 0 Å². The van der Waals surface area contributed by atoms with Crippen LogP contribution in [0.15, 0.2) is 48.8 Å². The number of anilines is 1. The summed E-state index contributed by atoms with van der Waals surface area (Å²) in [6.07, 6.45) is 5.87. The second kappa shape index (κ2) is 8.97. The van der Waals surface area contributed by atoms with Crippen LogP contribution in [0, 0.1) is 5.92 Å². The Morgan fingerprint density at radius 1 is 1.21 bits per heavy atom. The summed E-state index contributed by atoms with van der Waals surface area (Å²) in [6.45, 7) is 2.22. The van der Waals surface area contributed by atoms with E-state index in [0.717, 1.165) is 48.4 Å². The Labute approximate surface area is 192 Å². The van der Waals surface area contributed by atoms with Gasteiger partial charge in [-0.05, 0) is 48.9 Å². The van der Waals surface area contributed by atoms with Crippen molar-refractivity contribution in [3.8, 4) is 11.4 Å². The minimum Gasteiger partial charge on any atom is -0.465 e. The molecule has 2 aromatic heterocycles. The van der Waals surface area contributed by atoms with Gasteiger partial charge >= 0.3 is 5.97 Å². The van der Waals surface area contributed by atoms with Crippen molar-refractivity contribution in [2.24, 2.45) is 5.92 Å². The van der Waals surface area contributed by atoms with Gasteiger partial charge in [-0.25, -0.2) is 14.8 Å².